The summed E-state index contributed by atoms with van der Waals surface area (Å²) in [6, 6.07) is 0. The van der Waals surface area contributed by atoms with Crippen LogP contribution in [-0.4, -0.2) is 29.7 Å². The Balaban J connectivity index is 5.89. The van der Waals surface area contributed by atoms with Crippen LogP contribution in [0.15, 0.2) is 0 Å². The Morgan fingerprint density at radius 2 is 0.828 bits per heavy atom. The Bertz CT molecular complexity index is 465. The van der Waals surface area contributed by atoms with E-state index in [1.807, 2.05) is 20.8 Å². The molecule has 0 aliphatic carbocycles. The Kier molecular flexibility index (Phi) is 14.8. The SMILES string of the molecule is CCCC(Cl)C(Cl)(Cl)OP(=O)(OC(Cl)(Cl)C(Cl)CCC)OC(Cl)(Cl)C(Cl)CCC. The fourth-order valence-corrected chi connectivity index (χ4v) is 6.48. The Morgan fingerprint density at radius 1 is 0.621 bits per heavy atom. The topological polar surface area (TPSA) is 44.8 Å². The summed E-state index contributed by atoms with van der Waals surface area (Å²) >= 11 is 55.2. The molecule has 0 aromatic heterocycles. The highest BCUT2D eigenvalue weighted by Gasteiger charge is 2.54. The van der Waals surface area contributed by atoms with Gasteiger partial charge in [0.25, 0.3) is 0 Å². The maximum atomic E-state index is 13.4. The van der Waals surface area contributed by atoms with Gasteiger partial charge in [-0.1, -0.05) is 110 Å². The molecule has 0 saturated heterocycles. The van der Waals surface area contributed by atoms with Crippen LogP contribution in [0.2, 0.25) is 0 Å². The molecule has 0 aliphatic rings. The summed E-state index contributed by atoms with van der Waals surface area (Å²) in [6.45, 7) is 5.51. The summed E-state index contributed by atoms with van der Waals surface area (Å²) in [5.41, 5.74) is 0. The van der Waals surface area contributed by atoms with Crippen LogP contribution in [0.4, 0.5) is 0 Å². The maximum Gasteiger partial charge on any atom is 0.482 e. The van der Waals surface area contributed by atoms with E-state index >= 15 is 0 Å². The van der Waals surface area contributed by atoms with Crippen molar-refractivity contribution in [3.8, 4) is 0 Å². The van der Waals surface area contributed by atoms with Gasteiger partial charge in [0.1, 0.15) is 0 Å². The molecule has 3 atom stereocenters. The average molecular weight is 618 g/mol. The normalized spacial score (nSPS) is 18.9. The van der Waals surface area contributed by atoms with Crippen LogP contribution in [-0.2, 0) is 18.1 Å². The lowest BCUT2D eigenvalue weighted by Crippen LogP contribution is -2.37. The highest BCUT2D eigenvalue weighted by atomic mass is 35.5. The fraction of sp³-hybridized carbons (Fsp3) is 1.00. The van der Waals surface area contributed by atoms with Crippen molar-refractivity contribution in [2.24, 2.45) is 0 Å². The highest BCUT2D eigenvalue weighted by molar-refractivity contribution is 7.49. The molecule has 0 amide bonds. The van der Waals surface area contributed by atoms with Crippen LogP contribution in [0.25, 0.3) is 0 Å². The molecule has 0 aromatic carbocycles. The molecule has 0 fully saturated rings. The molecule has 0 rings (SSSR count). The minimum Gasteiger partial charge on any atom is -0.248 e. The maximum absolute atomic E-state index is 13.4. The number of rotatable bonds is 15. The van der Waals surface area contributed by atoms with Gasteiger partial charge in [0.05, 0.1) is 16.1 Å². The van der Waals surface area contributed by atoms with Crippen molar-refractivity contribution in [1.82, 2.24) is 0 Å². The van der Waals surface area contributed by atoms with E-state index in [-0.39, 0.29) is 0 Å². The predicted octanol–water partition coefficient (Wildman–Crippen LogP) is 9.76. The van der Waals surface area contributed by atoms with E-state index in [2.05, 4.69) is 0 Å². The smallest absolute Gasteiger partial charge is 0.248 e. The summed E-state index contributed by atoms with van der Waals surface area (Å²) in [6.07, 6.45) is 2.77. The van der Waals surface area contributed by atoms with E-state index in [0.29, 0.717) is 38.5 Å². The molecule has 0 heterocycles. The minimum absolute atomic E-state index is 0.316. The summed E-state index contributed by atoms with van der Waals surface area (Å²) in [7, 11) is -4.86. The summed E-state index contributed by atoms with van der Waals surface area (Å²) < 4.78 is 22.4. The molecule has 14 heteroatoms. The highest BCUT2D eigenvalue weighted by Crippen LogP contribution is 2.64. The van der Waals surface area contributed by atoms with Crippen molar-refractivity contribution in [2.45, 2.75) is 89.0 Å². The van der Waals surface area contributed by atoms with Crippen molar-refractivity contribution >= 4 is 112 Å². The van der Waals surface area contributed by atoms with Crippen LogP contribution in [0, 0.1) is 0 Å². The first-order valence-corrected chi connectivity index (χ1v) is 13.9. The Labute approximate surface area is 217 Å². The molecule has 4 nitrogen and oxygen atoms in total. The van der Waals surface area contributed by atoms with Gasteiger partial charge in [-0.05, 0) is 19.3 Å². The van der Waals surface area contributed by atoms with Crippen LogP contribution >= 0.6 is 112 Å². The number of alkyl halides is 9. The molecule has 176 valence electrons. The molecular formula is C15H24Cl9O4P. The number of hydrogen-bond donors (Lipinski definition) is 0. The van der Waals surface area contributed by atoms with E-state index < -0.39 is 37.5 Å². The summed E-state index contributed by atoms with van der Waals surface area (Å²) in [5.74, 6) is 0. The summed E-state index contributed by atoms with van der Waals surface area (Å²) in [4.78, 5) is 0. The molecule has 0 radical (unpaired) electrons. The Hall–Kier alpha value is 2.72. The van der Waals surface area contributed by atoms with Gasteiger partial charge in [-0.2, -0.15) is 0 Å². The molecule has 0 saturated carbocycles. The monoisotopic (exact) mass is 614 g/mol. The van der Waals surface area contributed by atoms with Gasteiger partial charge < -0.3 is 0 Å². The molecule has 0 aromatic rings. The fourth-order valence-electron chi connectivity index (χ4n) is 1.94. The molecule has 0 bridgehead atoms. The van der Waals surface area contributed by atoms with E-state index in [4.69, 9.17) is 118 Å². The van der Waals surface area contributed by atoms with Gasteiger partial charge >= 0.3 is 7.82 Å². The van der Waals surface area contributed by atoms with E-state index in [0.717, 1.165) is 0 Å². The minimum atomic E-state index is -4.86. The average Bonchev–Trinajstić information content (AvgIpc) is 2.53. The number of phosphoric acid groups is 1. The zero-order valence-electron chi connectivity index (χ0n) is 16.0. The predicted molar refractivity (Wildman–Crippen MR) is 128 cm³/mol. The van der Waals surface area contributed by atoms with Crippen molar-refractivity contribution in [3.05, 3.63) is 0 Å². The van der Waals surface area contributed by atoms with Gasteiger partial charge in [0.15, 0.2) is 0 Å². The Morgan fingerprint density at radius 3 is 1.00 bits per heavy atom. The number of halogens is 9. The van der Waals surface area contributed by atoms with Gasteiger partial charge in [-0.15, -0.1) is 34.8 Å². The molecular weight excluding hydrogens is 594 g/mol. The zero-order chi connectivity index (χ0) is 23.1. The summed E-state index contributed by atoms with van der Waals surface area (Å²) in [5, 5.41) is -3.00. The number of phosphoric ester groups is 1. The lowest BCUT2D eigenvalue weighted by atomic mass is 10.2. The first-order chi connectivity index (χ1) is 13.1. The van der Waals surface area contributed by atoms with Gasteiger partial charge in [0, 0.05) is 0 Å². The van der Waals surface area contributed by atoms with Crippen LogP contribution in [0.1, 0.15) is 59.3 Å². The number of hydrogen-bond acceptors (Lipinski definition) is 4. The lowest BCUT2D eigenvalue weighted by Gasteiger charge is -2.36. The van der Waals surface area contributed by atoms with Crippen molar-refractivity contribution in [2.75, 3.05) is 0 Å². The third-order valence-corrected chi connectivity index (χ3v) is 9.89. The first-order valence-electron chi connectivity index (χ1n) is 8.84. The second-order valence-electron chi connectivity index (χ2n) is 6.18. The standard InChI is InChI=1S/C15H24Cl9O4P/c1-4-7-10(16)13(19,20)26-29(25,27-14(21,22)11(17)8-5-2)28-15(23,24)12(18)9-6-3/h10-12H,4-9H2,1-3H3. The second kappa shape index (κ2) is 13.6. The lowest BCUT2D eigenvalue weighted by molar-refractivity contribution is 0.0503. The molecule has 0 aliphatic heterocycles. The third kappa shape index (κ3) is 11.1. The zero-order valence-corrected chi connectivity index (χ0v) is 23.7. The van der Waals surface area contributed by atoms with Crippen LogP contribution in [0.5, 0.6) is 0 Å². The van der Waals surface area contributed by atoms with Gasteiger partial charge in [0.2, 0.25) is 13.6 Å². The molecule has 29 heavy (non-hydrogen) atoms. The molecule has 3 unspecified atom stereocenters. The largest absolute Gasteiger partial charge is 0.482 e. The van der Waals surface area contributed by atoms with E-state index in [9.17, 15) is 4.57 Å². The van der Waals surface area contributed by atoms with Crippen molar-refractivity contribution in [1.29, 1.82) is 0 Å². The van der Waals surface area contributed by atoms with Crippen LogP contribution < -0.4 is 0 Å². The van der Waals surface area contributed by atoms with Crippen LogP contribution in [0.3, 0.4) is 0 Å². The van der Waals surface area contributed by atoms with Crippen molar-refractivity contribution < 1.29 is 18.1 Å². The van der Waals surface area contributed by atoms with Gasteiger partial charge in [-0.3, -0.25) is 0 Å². The van der Waals surface area contributed by atoms with E-state index in [1.165, 1.54) is 0 Å². The molecule has 0 N–H and O–H groups in total. The second-order valence-corrected chi connectivity index (χ2v) is 13.1. The quantitative estimate of drug-likeness (QED) is 0.135. The first kappa shape index (κ1) is 31.7. The third-order valence-electron chi connectivity index (χ3n) is 3.42. The molecule has 0 spiro atoms. The van der Waals surface area contributed by atoms with Gasteiger partial charge in [-0.25, -0.2) is 18.1 Å². The van der Waals surface area contributed by atoms with Crippen molar-refractivity contribution in [3.63, 3.8) is 0 Å². The van der Waals surface area contributed by atoms with E-state index in [1.54, 1.807) is 0 Å².